The summed E-state index contributed by atoms with van der Waals surface area (Å²) in [5, 5.41) is 11.2. The van der Waals surface area contributed by atoms with Gasteiger partial charge in [-0.3, -0.25) is 4.79 Å². The molecule has 1 unspecified atom stereocenters. The van der Waals surface area contributed by atoms with Crippen LogP contribution in [-0.4, -0.2) is 51.8 Å². The first-order valence-corrected chi connectivity index (χ1v) is 8.36. The SMILES string of the molecule is CCNC(=NCC(=O)NCCOC)NCC(C)c1cccs1. The molecule has 0 aliphatic rings. The molecule has 22 heavy (non-hydrogen) atoms. The molecule has 124 valence electrons. The van der Waals surface area contributed by atoms with Gasteiger partial charge in [0.25, 0.3) is 0 Å². The molecule has 0 aromatic carbocycles. The number of hydrogen-bond donors (Lipinski definition) is 3. The molecule has 6 nitrogen and oxygen atoms in total. The third-order valence-corrected chi connectivity index (χ3v) is 4.06. The number of aliphatic imine (C=N–C) groups is 1. The average Bonchev–Trinajstić information content (AvgIpc) is 3.04. The molecule has 0 saturated heterocycles. The van der Waals surface area contributed by atoms with Gasteiger partial charge in [0.2, 0.25) is 5.91 Å². The number of methoxy groups -OCH3 is 1. The largest absolute Gasteiger partial charge is 0.383 e. The van der Waals surface area contributed by atoms with Gasteiger partial charge >= 0.3 is 0 Å². The molecule has 0 bridgehead atoms. The van der Waals surface area contributed by atoms with Crippen LogP contribution in [0.25, 0.3) is 0 Å². The Hall–Kier alpha value is -1.60. The van der Waals surface area contributed by atoms with Crippen molar-refractivity contribution < 1.29 is 9.53 Å². The van der Waals surface area contributed by atoms with Gasteiger partial charge in [0.15, 0.2) is 5.96 Å². The number of carbonyl (C=O) groups excluding carboxylic acids is 1. The van der Waals surface area contributed by atoms with Gasteiger partial charge in [-0.1, -0.05) is 13.0 Å². The number of ether oxygens (including phenoxy) is 1. The molecule has 0 radical (unpaired) electrons. The number of thiophene rings is 1. The molecular formula is C15H26N4O2S. The van der Waals surface area contributed by atoms with Crippen LogP contribution >= 0.6 is 11.3 Å². The molecule has 0 fully saturated rings. The molecule has 1 heterocycles. The standard InChI is InChI=1S/C15H26N4O2S/c1-4-16-15(19-11-14(20)17-7-8-21-3)18-10-12(2)13-6-5-9-22-13/h5-6,9,12H,4,7-8,10-11H2,1-3H3,(H,17,20)(H2,16,18,19). The van der Waals surface area contributed by atoms with Gasteiger partial charge in [0.05, 0.1) is 6.61 Å². The molecule has 0 saturated carbocycles. The van der Waals surface area contributed by atoms with Crippen molar-refractivity contribution in [2.75, 3.05) is 39.9 Å². The Bertz CT molecular complexity index is 448. The molecular weight excluding hydrogens is 300 g/mol. The molecule has 0 spiro atoms. The number of rotatable bonds is 9. The topological polar surface area (TPSA) is 74.8 Å². The highest BCUT2D eigenvalue weighted by Crippen LogP contribution is 2.19. The fourth-order valence-electron chi connectivity index (χ4n) is 1.76. The lowest BCUT2D eigenvalue weighted by Gasteiger charge is -2.15. The Balaban J connectivity index is 2.39. The van der Waals surface area contributed by atoms with E-state index in [1.165, 1.54) is 4.88 Å². The molecule has 7 heteroatoms. The summed E-state index contributed by atoms with van der Waals surface area (Å²) in [7, 11) is 1.60. The van der Waals surface area contributed by atoms with E-state index in [1.54, 1.807) is 18.4 Å². The van der Waals surface area contributed by atoms with E-state index in [2.05, 4.69) is 45.4 Å². The maximum absolute atomic E-state index is 11.6. The number of nitrogens with zero attached hydrogens (tertiary/aromatic N) is 1. The number of carbonyl (C=O) groups is 1. The summed E-state index contributed by atoms with van der Waals surface area (Å²) in [6.07, 6.45) is 0. The zero-order valence-corrected chi connectivity index (χ0v) is 14.3. The van der Waals surface area contributed by atoms with E-state index in [0.717, 1.165) is 13.1 Å². The Morgan fingerprint density at radius 1 is 1.41 bits per heavy atom. The predicted molar refractivity (Wildman–Crippen MR) is 91.6 cm³/mol. The second kappa shape index (κ2) is 11.0. The van der Waals surface area contributed by atoms with Crippen LogP contribution in [0.4, 0.5) is 0 Å². The zero-order valence-electron chi connectivity index (χ0n) is 13.5. The van der Waals surface area contributed by atoms with Crippen LogP contribution in [0.1, 0.15) is 24.6 Å². The maximum atomic E-state index is 11.6. The first-order chi connectivity index (χ1) is 10.7. The second-order valence-electron chi connectivity index (χ2n) is 4.84. The molecule has 1 atom stereocenters. The first-order valence-electron chi connectivity index (χ1n) is 7.48. The van der Waals surface area contributed by atoms with Crippen LogP contribution in [0.15, 0.2) is 22.5 Å². The lowest BCUT2D eigenvalue weighted by atomic mass is 10.1. The number of amides is 1. The van der Waals surface area contributed by atoms with E-state index in [1.807, 2.05) is 6.92 Å². The van der Waals surface area contributed by atoms with Gasteiger partial charge in [0.1, 0.15) is 6.54 Å². The Kier molecular flexibility index (Phi) is 9.25. The van der Waals surface area contributed by atoms with E-state index in [4.69, 9.17) is 4.74 Å². The van der Waals surface area contributed by atoms with Crippen molar-refractivity contribution in [3.05, 3.63) is 22.4 Å². The minimum atomic E-state index is -0.111. The number of nitrogens with one attached hydrogen (secondary N) is 3. The van der Waals surface area contributed by atoms with E-state index >= 15 is 0 Å². The summed E-state index contributed by atoms with van der Waals surface area (Å²) < 4.78 is 4.88. The van der Waals surface area contributed by atoms with Gasteiger partial charge in [-0.25, -0.2) is 4.99 Å². The first kappa shape index (κ1) is 18.4. The van der Waals surface area contributed by atoms with Crippen molar-refractivity contribution in [2.24, 2.45) is 4.99 Å². The minimum Gasteiger partial charge on any atom is -0.383 e. The Morgan fingerprint density at radius 2 is 2.23 bits per heavy atom. The third-order valence-electron chi connectivity index (χ3n) is 2.96. The van der Waals surface area contributed by atoms with Gasteiger partial charge in [-0.2, -0.15) is 0 Å². The highest BCUT2D eigenvalue weighted by atomic mass is 32.1. The highest BCUT2D eigenvalue weighted by molar-refractivity contribution is 7.10. The van der Waals surface area contributed by atoms with E-state index in [9.17, 15) is 4.79 Å². The average molecular weight is 326 g/mol. The summed E-state index contributed by atoms with van der Waals surface area (Å²) in [6, 6.07) is 4.18. The van der Waals surface area contributed by atoms with Gasteiger partial charge < -0.3 is 20.7 Å². The van der Waals surface area contributed by atoms with Crippen molar-refractivity contribution in [1.82, 2.24) is 16.0 Å². The minimum absolute atomic E-state index is 0.104. The summed E-state index contributed by atoms with van der Waals surface area (Å²) in [6.45, 7) is 6.81. The molecule has 1 aromatic heterocycles. The lowest BCUT2D eigenvalue weighted by molar-refractivity contribution is -0.119. The third kappa shape index (κ3) is 7.42. The summed E-state index contributed by atoms with van der Waals surface area (Å²) in [5.74, 6) is 0.952. The zero-order chi connectivity index (χ0) is 16.2. The van der Waals surface area contributed by atoms with Crippen LogP contribution in [0.2, 0.25) is 0 Å². The smallest absolute Gasteiger partial charge is 0.241 e. The van der Waals surface area contributed by atoms with Crippen molar-refractivity contribution in [2.45, 2.75) is 19.8 Å². The monoisotopic (exact) mass is 326 g/mol. The molecule has 0 aliphatic carbocycles. The molecule has 3 N–H and O–H groups in total. The van der Waals surface area contributed by atoms with Crippen LogP contribution < -0.4 is 16.0 Å². The van der Waals surface area contributed by atoms with Crippen molar-refractivity contribution in [3.8, 4) is 0 Å². The van der Waals surface area contributed by atoms with E-state index < -0.39 is 0 Å². The predicted octanol–water partition coefficient (Wildman–Crippen LogP) is 1.17. The summed E-state index contributed by atoms with van der Waals surface area (Å²) in [4.78, 5) is 17.2. The lowest BCUT2D eigenvalue weighted by Crippen LogP contribution is -2.40. The highest BCUT2D eigenvalue weighted by Gasteiger charge is 2.08. The van der Waals surface area contributed by atoms with Crippen molar-refractivity contribution in [1.29, 1.82) is 0 Å². The van der Waals surface area contributed by atoms with Crippen molar-refractivity contribution >= 4 is 23.2 Å². The summed E-state index contributed by atoms with van der Waals surface area (Å²) >= 11 is 1.75. The maximum Gasteiger partial charge on any atom is 0.241 e. The van der Waals surface area contributed by atoms with Crippen LogP contribution in [0.5, 0.6) is 0 Å². The second-order valence-corrected chi connectivity index (χ2v) is 5.81. The molecule has 0 aliphatic heterocycles. The molecule has 1 aromatic rings. The van der Waals surface area contributed by atoms with Gasteiger partial charge in [-0.15, -0.1) is 11.3 Å². The number of guanidine groups is 1. The quantitative estimate of drug-likeness (QED) is 0.362. The van der Waals surface area contributed by atoms with Gasteiger partial charge in [-0.05, 0) is 18.4 Å². The van der Waals surface area contributed by atoms with Gasteiger partial charge in [0, 0.05) is 37.5 Å². The fourth-order valence-corrected chi connectivity index (χ4v) is 2.55. The Labute approximate surface area is 136 Å². The molecule has 1 rings (SSSR count). The van der Waals surface area contributed by atoms with Crippen LogP contribution in [0.3, 0.4) is 0 Å². The van der Waals surface area contributed by atoms with E-state index in [0.29, 0.717) is 25.0 Å². The summed E-state index contributed by atoms with van der Waals surface area (Å²) in [5.41, 5.74) is 0. The van der Waals surface area contributed by atoms with E-state index in [-0.39, 0.29) is 12.5 Å². The van der Waals surface area contributed by atoms with Crippen LogP contribution in [0, 0.1) is 0 Å². The molecule has 1 amide bonds. The van der Waals surface area contributed by atoms with Crippen molar-refractivity contribution in [3.63, 3.8) is 0 Å². The number of hydrogen-bond acceptors (Lipinski definition) is 4. The normalized spacial score (nSPS) is 12.8. The fraction of sp³-hybridized carbons (Fsp3) is 0.600. The Morgan fingerprint density at radius 3 is 2.86 bits per heavy atom. The van der Waals surface area contributed by atoms with Crippen LogP contribution in [-0.2, 0) is 9.53 Å².